The summed E-state index contributed by atoms with van der Waals surface area (Å²) < 4.78 is 0. The molecule has 3 rings (SSSR count). The summed E-state index contributed by atoms with van der Waals surface area (Å²) in [5.74, 6) is 2.44. The standard InChI is InChI=1S/C20H32N2O.C5H8O.C4H10/c1-6-7-18-16(8-10-20(3,4)5)12-17(13-21-18)19(23)22-11-9-15(2)14-22;1-4(6)5-2-3-5;1-4(2)3/h12-13,15H,6-11,14H2,1-5H3;5H,2-3H2,1H3;4H,1-3H3/t15-;;/m0../s1. The van der Waals surface area contributed by atoms with E-state index in [1.54, 1.807) is 13.1 Å². The number of Topliss-reactive ketones (excluding diaryl/α,β-unsaturated/α-hetero) is 1. The summed E-state index contributed by atoms with van der Waals surface area (Å²) >= 11 is 0. The van der Waals surface area contributed by atoms with Gasteiger partial charge in [0.05, 0.1) is 5.56 Å². The molecule has 0 bridgehead atoms. The monoisotopic (exact) mass is 458 g/mol. The molecule has 1 saturated heterocycles. The van der Waals surface area contributed by atoms with Crippen molar-refractivity contribution < 1.29 is 9.59 Å². The number of ketones is 1. The van der Waals surface area contributed by atoms with Gasteiger partial charge in [-0.25, -0.2) is 0 Å². The normalized spacial score (nSPS) is 17.8. The van der Waals surface area contributed by atoms with Crippen LogP contribution in [0.1, 0.15) is 116 Å². The number of hydrogen-bond donors (Lipinski definition) is 0. The highest BCUT2D eigenvalue weighted by molar-refractivity contribution is 5.94. The first-order valence-electron chi connectivity index (χ1n) is 13.1. The Hall–Kier alpha value is -1.71. The zero-order chi connectivity index (χ0) is 25.2. The van der Waals surface area contributed by atoms with Crippen molar-refractivity contribution in [2.75, 3.05) is 13.1 Å². The van der Waals surface area contributed by atoms with E-state index >= 15 is 0 Å². The van der Waals surface area contributed by atoms with E-state index in [0.29, 0.717) is 23.0 Å². The summed E-state index contributed by atoms with van der Waals surface area (Å²) in [5.41, 5.74) is 3.50. The summed E-state index contributed by atoms with van der Waals surface area (Å²) in [5, 5.41) is 0. The molecule has 1 aliphatic heterocycles. The predicted octanol–water partition coefficient (Wildman–Crippen LogP) is 7.14. The molecule has 0 aromatic carbocycles. The van der Waals surface area contributed by atoms with Crippen LogP contribution in [0.2, 0.25) is 0 Å². The highest BCUT2D eigenvalue weighted by Gasteiger charge is 2.26. The Bertz CT molecular complexity index is 742. The molecule has 1 aromatic heterocycles. The molecule has 1 amide bonds. The number of rotatable bonds is 6. The van der Waals surface area contributed by atoms with Gasteiger partial charge in [-0.3, -0.25) is 14.6 Å². The van der Waals surface area contributed by atoms with Gasteiger partial charge in [0.1, 0.15) is 5.78 Å². The van der Waals surface area contributed by atoms with Crippen LogP contribution in [-0.2, 0) is 17.6 Å². The van der Waals surface area contributed by atoms with Crippen LogP contribution in [0, 0.1) is 23.2 Å². The van der Waals surface area contributed by atoms with Crippen LogP contribution in [-0.4, -0.2) is 34.7 Å². The maximum absolute atomic E-state index is 12.7. The third-order valence-electron chi connectivity index (χ3n) is 5.80. The summed E-state index contributed by atoms with van der Waals surface area (Å²) in [6.07, 6.45) is 9.40. The number of carbonyl (C=O) groups excluding carboxylic acids is 2. The Labute approximate surface area is 203 Å². The molecule has 1 saturated carbocycles. The van der Waals surface area contributed by atoms with Crippen LogP contribution in [0.3, 0.4) is 0 Å². The second kappa shape index (κ2) is 13.9. The Morgan fingerprint density at radius 1 is 1.12 bits per heavy atom. The van der Waals surface area contributed by atoms with Gasteiger partial charge in [0, 0.05) is 30.9 Å². The molecule has 1 atom stereocenters. The molecule has 2 fully saturated rings. The van der Waals surface area contributed by atoms with E-state index in [-0.39, 0.29) is 5.91 Å². The van der Waals surface area contributed by atoms with E-state index in [0.717, 1.165) is 69.5 Å². The second-order valence-corrected chi connectivity index (χ2v) is 11.9. The lowest BCUT2D eigenvalue weighted by molar-refractivity contribution is -0.118. The van der Waals surface area contributed by atoms with Gasteiger partial charge in [0.15, 0.2) is 0 Å². The number of pyridine rings is 1. The maximum Gasteiger partial charge on any atom is 0.255 e. The number of likely N-dealkylation sites (tertiary alicyclic amines) is 1. The van der Waals surface area contributed by atoms with Crippen molar-refractivity contribution >= 4 is 11.7 Å². The molecule has 33 heavy (non-hydrogen) atoms. The lowest BCUT2D eigenvalue weighted by Gasteiger charge is -2.20. The highest BCUT2D eigenvalue weighted by atomic mass is 16.2. The van der Waals surface area contributed by atoms with Crippen molar-refractivity contribution in [1.29, 1.82) is 0 Å². The minimum Gasteiger partial charge on any atom is -0.338 e. The second-order valence-electron chi connectivity index (χ2n) is 11.9. The van der Waals surface area contributed by atoms with Gasteiger partial charge in [-0.05, 0) is 74.3 Å². The molecule has 2 aliphatic rings. The largest absolute Gasteiger partial charge is 0.338 e. The summed E-state index contributed by atoms with van der Waals surface area (Å²) in [6.45, 7) is 21.1. The van der Waals surface area contributed by atoms with E-state index in [2.05, 4.69) is 66.4 Å². The molecular formula is C29H50N2O2. The molecule has 1 aromatic rings. The van der Waals surface area contributed by atoms with Crippen molar-refractivity contribution in [3.05, 3.63) is 29.1 Å². The van der Waals surface area contributed by atoms with Crippen LogP contribution in [0.5, 0.6) is 0 Å². The van der Waals surface area contributed by atoms with Crippen molar-refractivity contribution in [3.8, 4) is 0 Å². The van der Waals surface area contributed by atoms with Crippen molar-refractivity contribution in [2.24, 2.45) is 23.2 Å². The van der Waals surface area contributed by atoms with E-state index in [4.69, 9.17) is 0 Å². The van der Waals surface area contributed by atoms with E-state index < -0.39 is 0 Å². The minimum absolute atomic E-state index is 0.155. The molecule has 188 valence electrons. The van der Waals surface area contributed by atoms with Crippen LogP contribution < -0.4 is 0 Å². The molecule has 4 nitrogen and oxygen atoms in total. The van der Waals surface area contributed by atoms with Gasteiger partial charge in [-0.1, -0.05) is 61.8 Å². The van der Waals surface area contributed by atoms with Crippen LogP contribution >= 0.6 is 0 Å². The predicted molar refractivity (Wildman–Crippen MR) is 140 cm³/mol. The Kier molecular flexibility index (Phi) is 12.3. The van der Waals surface area contributed by atoms with Crippen molar-refractivity contribution in [2.45, 2.75) is 107 Å². The number of hydrogen-bond acceptors (Lipinski definition) is 3. The van der Waals surface area contributed by atoms with E-state index in [1.165, 1.54) is 11.3 Å². The SMILES string of the molecule is CC(=O)C1CC1.CC(C)C.CCCc1ncc(C(=O)N2CC[C@H](C)C2)cc1CCC(C)(C)C. The fourth-order valence-electron chi connectivity index (χ4n) is 3.64. The number of amides is 1. The number of carbonyl (C=O) groups is 2. The smallest absolute Gasteiger partial charge is 0.255 e. The maximum atomic E-state index is 12.7. The summed E-state index contributed by atoms with van der Waals surface area (Å²) in [6, 6.07) is 2.11. The summed E-state index contributed by atoms with van der Waals surface area (Å²) in [7, 11) is 0. The third kappa shape index (κ3) is 12.4. The molecule has 1 aliphatic carbocycles. The lowest BCUT2D eigenvalue weighted by Crippen LogP contribution is -2.28. The summed E-state index contributed by atoms with van der Waals surface area (Å²) in [4.78, 5) is 29.5. The van der Waals surface area contributed by atoms with Crippen molar-refractivity contribution in [3.63, 3.8) is 0 Å². The lowest BCUT2D eigenvalue weighted by atomic mass is 9.87. The Morgan fingerprint density at radius 3 is 2.12 bits per heavy atom. The van der Waals surface area contributed by atoms with Crippen LogP contribution in [0.4, 0.5) is 0 Å². The number of aryl methyl sites for hydroxylation is 2. The van der Waals surface area contributed by atoms with Gasteiger partial charge < -0.3 is 4.90 Å². The minimum atomic E-state index is 0.155. The quantitative estimate of drug-likeness (QED) is 0.455. The Morgan fingerprint density at radius 2 is 1.73 bits per heavy atom. The number of aromatic nitrogens is 1. The molecule has 0 unspecified atom stereocenters. The third-order valence-corrected chi connectivity index (χ3v) is 5.80. The Balaban J connectivity index is 0.000000450. The molecule has 0 N–H and O–H groups in total. The molecule has 2 heterocycles. The fraction of sp³-hybridized carbons (Fsp3) is 0.759. The van der Waals surface area contributed by atoms with E-state index in [9.17, 15) is 9.59 Å². The number of nitrogens with zero attached hydrogens (tertiary/aromatic N) is 2. The fourth-order valence-corrected chi connectivity index (χ4v) is 3.64. The zero-order valence-electron chi connectivity index (χ0n) is 23.0. The van der Waals surface area contributed by atoms with Gasteiger partial charge in [0.2, 0.25) is 0 Å². The van der Waals surface area contributed by atoms with Crippen LogP contribution in [0.15, 0.2) is 12.3 Å². The zero-order valence-corrected chi connectivity index (χ0v) is 23.0. The van der Waals surface area contributed by atoms with Crippen molar-refractivity contribution in [1.82, 2.24) is 9.88 Å². The highest BCUT2D eigenvalue weighted by Crippen LogP contribution is 2.29. The first-order chi connectivity index (χ1) is 15.3. The molecule has 0 radical (unpaired) electrons. The average molecular weight is 459 g/mol. The van der Waals surface area contributed by atoms with Gasteiger partial charge >= 0.3 is 0 Å². The van der Waals surface area contributed by atoms with Crippen LogP contribution in [0.25, 0.3) is 0 Å². The first-order valence-corrected chi connectivity index (χ1v) is 13.1. The molecular weight excluding hydrogens is 408 g/mol. The topological polar surface area (TPSA) is 50.3 Å². The molecule has 4 heteroatoms. The van der Waals surface area contributed by atoms with Gasteiger partial charge in [-0.2, -0.15) is 0 Å². The average Bonchev–Trinajstić information content (AvgIpc) is 3.48. The van der Waals surface area contributed by atoms with Gasteiger partial charge in [0.25, 0.3) is 5.91 Å². The molecule has 0 spiro atoms. The first kappa shape index (κ1) is 29.3. The van der Waals surface area contributed by atoms with Gasteiger partial charge in [-0.15, -0.1) is 0 Å². The van der Waals surface area contributed by atoms with E-state index in [1.807, 2.05) is 4.90 Å².